The Kier molecular flexibility index (Phi) is 2.55. The molecule has 0 bridgehead atoms. The van der Waals surface area contributed by atoms with Crippen molar-refractivity contribution in [2.75, 3.05) is 0 Å². The molecule has 2 rings (SSSR count). The zero-order chi connectivity index (χ0) is 9.97. The van der Waals surface area contributed by atoms with Gasteiger partial charge in [-0.3, -0.25) is 0 Å². The minimum Gasteiger partial charge on any atom is -0.512 e. The van der Waals surface area contributed by atoms with Crippen LogP contribution in [0.2, 0.25) is 0 Å². The van der Waals surface area contributed by atoms with Crippen LogP contribution in [0, 0.1) is 0 Å². The van der Waals surface area contributed by atoms with Crippen LogP contribution in [-0.2, 0) is 6.42 Å². The fourth-order valence-electron chi connectivity index (χ4n) is 1.84. The second-order valence-corrected chi connectivity index (χ2v) is 3.69. The number of hydrogen-bond acceptors (Lipinski definition) is 2. The normalized spacial score (nSPS) is 21.6. The molecule has 0 amide bonds. The SMILES string of the molecule is OC1=C(Cc2ccccc2)C(O)CC1. The molecule has 2 nitrogen and oxygen atoms in total. The summed E-state index contributed by atoms with van der Waals surface area (Å²) < 4.78 is 0. The molecule has 0 heterocycles. The van der Waals surface area contributed by atoms with Gasteiger partial charge in [0, 0.05) is 6.42 Å². The molecule has 0 fully saturated rings. The molecule has 2 N–H and O–H groups in total. The third-order valence-corrected chi connectivity index (χ3v) is 2.66. The average molecular weight is 190 g/mol. The Labute approximate surface area is 83.5 Å². The van der Waals surface area contributed by atoms with Crippen molar-refractivity contribution in [3.63, 3.8) is 0 Å². The van der Waals surface area contributed by atoms with Crippen molar-refractivity contribution in [3.05, 3.63) is 47.2 Å². The fraction of sp³-hybridized carbons (Fsp3) is 0.333. The van der Waals surface area contributed by atoms with Crippen molar-refractivity contribution in [1.82, 2.24) is 0 Å². The van der Waals surface area contributed by atoms with Gasteiger partial charge in [-0.05, 0) is 24.0 Å². The molecule has 0 aliphatic heterocycles. The van der Waals surface area contributed by atoms with Gasteiger partial charge in [0.05, 0.1) is 11.9 Å². The molecule has 1 aromatic rings. The van der Waals surface area contributed by atoms with Crippen molar-refractivity contribution in [2.45, 2.75) is 25.4 Å². The maximum atomic E-state index is 9.60. The van der Waals surface area contributed by atoms with E-state index in [9.17, 15) is 10.2 Å². The van der Waals surface area contributed by atoms with E-state index in [2.05, 4.69) is 0 Å². The molecule has 1 atom stereocenters. The van der Waals surface area contributed by atoms with Crippen LogP contribution in [0.4, 0.5) is 0 Å². The van der Waals surface area contributed by atoms with Crippen LogP contribution in [0.3, 0.4) is 0 Å². The Morgan fingerprint density at radius 2 is 1.93 bits per heavy atom. The van der Waals surface area contributed by atoms with Gasteiger partial charge in [-0.15, -0.1) is 0 Å². The van der Waals surface area contributed by atoms with Crippen LogP contribution in [0.25, 0.3) is 0 Å². The van der Waals surface area contributed by atoms with E-state index in [1.165, 1.54) is 0 Å². The highest BCUT2D eigenvalue weighted by molar-refractivity contribution is 5.27. The first-order valence-corrected chi connectivity index (χ1v) is 4.90. The van der Waals surface area contributed by atoms with Gasteiger partial charge in [0.2, 0.25) is 0 Å². The summed E-state index contributed by atoms with van der Waals surface area (Å²) in [5, 5.41) is 19.1. The van der Waals surface area contributed by atoms with Crippen molar-refractivity contribution in [2.24, 2.45) is 0 Å². The lowest BCUT2D eigenvalue weighted by Gasteiger charge is -2.08. The second-order valence-electron chi connectivity index (χ2n) is 3.69. The van der Waals surface area contributed by atoms with E-state index in [0.29, 0.717) is 25.0 Å². The van der Waals surface area contributed by atoms with Gasteiger partial charge in [-0.2, -0.15) is 0 Å². The molecular formula is C12H14O2. The van der Waals surface area contributed by atoms with E-state index in [-0.39, 0.29) is 0 Å². The van der Waals surface area contributed by atoms with E-state index >= 15 is 0 Å². The summed E-state index contributed by atoms with van der Waals surface area (Å²) in [4.78, 5) is 0. The van der Waals surface area contributed by atoms with Gasteiger partial charge in [0.25, 0.3) is 0 Å². The highest BCUT2D eigenvalue weighted by Gasteiger charge is 2.22. The van der Waals surface area contributed by atoms with Crippen molar-refractivity contribution < 1.29 is 10.2 Å². The minimum absolute atomic E-state index is 0.376. The molecule has 14 heavy (non-hydrogen) atoms. The quantitative estimate of drug-likeness (QED) is 0.750. The number of aliphatic hydroxyl groups is 2. The fourth-order valence-corrected chi connectivity index (χ4v) is 1.84. The Bertz CT molecular complexity index is 341. The molecule has 0 saturated carbocycles. The Morgan fingerprint density at radius 1 is 1.21 bits per heavy atom. The zero-order valence-corrected chi connectivity index (χ0v) is 7.98. The summed E-state index contributed by atoms with van der Waals surface area (Å²) in [5.74, 6) is 0.376. The van der Waals surface area contributed by atoms with Crippen LogP contribution in [0.1, 0.15) is 18.4 Å². The average Bonchev–Trinajstić information content (AvgIpc) is 2.51. The Hall–Kier alpha value is -1.28. The number of allylic oxidation sites excluding steroid dienone is 1. The first-order chi connectivity index (χ1) is 6.77. The first kappa shape index (κ1) is 9.28. The second kappa shape index (κ2) is 3.84. The van der Waals surface area contributed by atoms with Crippen LogP contribution >= 0.6 is 0 Å². The number of benzene rings is 1. The van der Waals surface area contributed by atoms with Crippen molar-refractivity contribution in [3.8, 4) is 0 Å². The molecule has 0 aromatic heterocycles. The maximum absolute atomic E-state index is 9.60. The van der Waals surface area contributed by atoms with E-state index in [0.717, 1.165) is 11.1 Å². The third-order valence-electron chi connectivity index (χ3n) is 2.66. The largest absolute Gasteiger partial charge is 0.512 e. The van der Waals surface area contributed by atoms with Crippen molar-refractivity contribution >= 4 is 0 Å². The Balaban J connectivity index is 2.15. The van der Waals surface area contributed by atoms with Gasteiger partial charge in [0.15, 0.2) is 0 Å². The van der Waals surface area contributed by atoms with Gasteiger partial charge >= 0.3 is 0 Å². The molecule has 2 heteroatoms. The summed E-state index contributed by atoms with van der Waals surface area (Å²) in [6.07, 6.45) is 1.49. The highest BCUT2D eigenvalue weighted by Crippen LogP contribution is 2.27. The van der Waals surface area contributed by atoms with Crippen LogP contribution < -0.4 is 0 Å². The Morgan fingerprint density at radius 3 is 2.50 bits per heavy atom. The minimum atomic E-state index is -0.449. The number of hydrogen-bond donors (Lipinski definition) is 2. The highest BCUT2D eigenvalue weighted by atomic mass is 16.3. The van der Waals surface area contributed by atoms with Gasteiger partial charge in [-0.25, -0.2) is 0 Å². The van der Waals surface area contributed by atoms with Gasteiger partial charge in [-0.1, -0.05) is 30.3 Å². The van der Waals surface area contributed by atoms with Crippen LogP contribution in [0.15, 0.2) is 41.7 Å². The van der Waals surface area contributed by atoms with Gasteiger partial charge in [0.1, 0.15) is 0 Å². The summed E-state index contributed by atoms with van der Waals surface area (Å²) in [6, 6.07) is 9.90. The lowest BCUT2D eigenvalue weighted by Crippen LogP contribution is -2.07. The zero-order valence-electron chi connectivity index (χ0n) is 7.98. The van der Waals surface area contributed by atoms with E-state index < -0.39 is 6.10 Å². The smallest absolute Gasteiger partial charge is 0.0944 e. The topological polar surface area (TPSA) is 40.5 Å². The van der Waals surface area contributed by atoms with E-state index in [4.69, 9.17) is 0 Å². The molecule has 0 spiro atoms. The molecule has 1 aliphatic rings. The van der Waals surface area contributed by atoms with Crippen molar-refractivity contribution in [1.29, 1.82) is 0 Å². The van der Waals surface area contributed by atoms with Gasteiger partial charge < -0.3 is 10.2 Å². The van der Waals surface area contributed by atoms with Crippen LogP contribution in [0.5, 0.6) is 0 Å². The number of aliphatic hydroxyl groups excluding tert-OH is 2. The maximum Gasteiger partial charge on any atom is 0.0944 e. The molecule has 1 aromatic carbocycles. The molecule has 74 valence electrons. The summed E-state index contributed by atoms with van der Waals surface area (Å²) in [6.45, 7) is 0. The predicted octanol–water partition coefficient (Wildman–Crippen LogP) is 2.20. The van der Waals surface area contributed by atoms with Crippen LogP contribution in [-0.4, -0.2) is 16.3 Å². The lowest BCUT2D eigenvalue weighted by atomic mass is 10.0. The molecule has 1 aliphatic carbocycles. The summed E-state index contributed by atoms with van der Waals surface area (Å²) >= 11 is 0. The monoisotopic (exact) mass is 190 g/mol. The molecule has 1 unspecified atom stereocenters. The molecule has 0 radical (unpaired) electrons. The lowest BCUT2D eigenvalue weighted by molar-refractivity contribution is 0.209. The standard InChI is InChI=1S/C12H14O2/c13-11-6-7-12(14)10(11)8-9-4-2-1-3-5-9/h1-5,11,13-14H,6-8H2. The first-order valence-electron chi connectivity index (χ1n) is 4.90. The summed E-state index contributed by atoms with van der Waals surface area (Å²) in [5.41, 5.74) is 1.92. The summed E-state index contributed by atoms with van der Waals surface area (Å²) in [7, 11) is 0. The third kappa shape index (κ3) is 1.80. The molecular weight excluding hydrogens is 176 g/mol. The van der Waals surface area contributed by atoms with E-state index in [1.807, 2.05) is 30.3 Å². The predicted molar refractivity (Wildman–Crippen MR) is 55.0 cm³/mol. The molecule has 0 saturated heterocycles. The van der Waals surface area contributed by atoms with E-state index in [1.54, 1.807) is 0 Å². The number of rotatable bonds is 2.